The van der Waals surface area contributed by atoms with Gasteiger partial charge < -0.3 is 14.4 Å². The van der Waals surface area contributed by atoms with E-state index in [1.165, 1.54) is 10.4 Å². The van der Waals surface area contributed by atoms with Gasteiger partial charge in [0.15, 0.2) is 0 Å². The van der Waals surface area contributed by atoms with Gasteiger partial charge in [-0.2, -0.15) is 0 Å². The molecular formula is C21H23NO4S. The summed E-state index contributed by atoms with van der Waals surface area (Å²) in [6.45, 7) is 2.72. The molecule has 0 bridgehead atoms. The van der Waals surface area contributed by atoms with E-state index in [1.807, 2.05) is 29.2 Å². The Morgan fingerprint density at radius 2 is 2.04 bits per heavy atom. The summed E-state index contributed by atoms with van der Waals surface area (Å²) in [5, 5.41) is 2.10. The van der Waals surface area contributed by atoms with Crippen molar-refractivity contribution in [1.29, 1.82) is 0 Å². The van der Waals surface area contributed by atoms with Crippen LogP contribution in [0.4, 0.5) is 0 Å². The maximum atomic E-state index is 13.3. The highest BCUT2D eigenvalue weighted by Gasteiger charge is 2.48. The second kappa shape index (κ2) is 7.35. The van der Waals surface area contributed by atoms with E-state index in [9.17, 15) is 9.59 Å². The number of piperidine rings is 1. The van der Waals surface area contributed by atoms with Gasteiger partial charge in [-0.3, -0.25) is 9.59 Å². The molecule has 0 saturated carbocycles. The number of hydrogen-bond donors (Lipinski definition) is 0. The second-order valence-corrected chi connectivity index (χ2v) is 7.94. The Kier molecular flexibility index (Phi) is 4.91. The summed E-state index contributed by atoms with van der Waals surface area (Å²) in [5.74, 6) is -0.752. The van der Waals surface area contributed by atoms with Crippen molar-refractivity contribution in [1.82, 2.24) is 4.90 Å². The van der Waals surface area contributed by atoms with E-state index in [0.717, 1.165) is 24.2 Å². The Morgan fingerprint density at radius 1 is 1.26 bits per heavy atom. The highest BCUT2D eigenvalue weighted by molar-refractivity contribution is 7.10. The van der Waals surface area contributed by atoms with Gasteiger partial charge in [0.05, 0.1) is 19.8 Å². The maximum Gasteiger partial charge on any atom is 0.319 e. The van der Waals surface area contributed by atoms with Crippen molar-refractivity contribution in [2.45, 2.75) is 31.7 Å². The minimum absolute atomic E-state index is 0.0327. The van der Waals surface area contributed by atoms with Crippen molar-refractivity contribution in [3.8, 4) is 5.75 Å². The van der Waals surface area contributed by atoms with E-state index in [1.54, 1.807) is 25.4 Å². The second-order valence-electron chi connectivity index (χ2n) is 6.94. The van der Waals surface area contributed by atoms with Crippen molar-refractivity contribution < 1.29 is 19.1 Å². The van der Waals surface area contributed by atoms with E-state index < -0.39 is 11.9 Å². The average molecular weight is 385 g/mol. The summed E-state index contributed by atoms with van der Waals surface area (Å²) in [6, 6.07) is 9.83. The van der Waals surface area contributed by atoms with E-state index in [4.69, 9.17) is 9.47 Å². The van der Waals surface area contributed by atoms with Crippen LogP contribution in [0.1, 0.15) is 41.3 Å². The molecule has 2 aliphatic heterocycles. The lowest BCUT2D eigenvalue weighted by Crippen LogP contribution is -2.51. The molecule has 0 spiro atoms. The molecule has 0 unspecified atom stereocenters. The molecule has 1 amide bonds. The van der Waals surface area contributed by atoms with Crippen molar-refractivity contribution >= 4 is 23.2 Å². The van der Waals surface area contributed by atoms with Gasteiger partial charge in [0, 0.05) is 17.3 Å². The molecule has 2 aliphatic rings. The van der Waals surface area contributed by atoms with Crippen LogP contribution in [-0.2, 0) is 20.7 Å². The topological polar surface area (TPSA) is 55.8 Å². The third-order valence-corrected chi connectivity index (χ3v) is 6.60. The quantitative estimate of drug-likeness (QED) is 0.597. The first-order chi connectivity index (χ1) is 13.1. The molecule has 0 aliphatic carbocycles. The first-order valence-electron chi connectivity index (χ1n) is 9.31. The molecule has 27 heavy (non-hydrogen) atoms. The van der Waals surface area contributed by atoms with Gasteiger partial charge in [-0.05, 0) is 54.5 Å². The Hall–Kier alpha value is -2.34. The highest BCUT2D eigenvalue weighted by atomic mass is 32.1. The first kappa shape index (κ1) is 18.0. The number of rotatable bonds is 4. The number of carbonyl (C=O) groups is 2. The molecule has 1 aromatic heterocycles. The van der Waals surface area contributed by atoms with Crippen LogP contribution >= 0.6 is 11.3 Å². The van der Waals surface area contributed by atoms with Crippen LogP contribution in [0, 0.1) is 5.92 Å². The molecule has 6 heteroatoms. The third kappa shape index (κ3) is 3.12. The van der Waals surface area contributed by atoms with Crippen molar-refractivity contribution in [2.24, 2.45) is 5.92 Å². The zero-order valence-electron chi connectivity index (χ0n) is 15.5. The number of hydrogen-bond acceptors (Lipinski definition) is 5. The lowest BCUT2D eigenvalue weighted by atomic mass is 9.74. The third-order valence-electron chi connectivity index (χ3n) is 5.61. The smallest absolute Gasteiger partial charge is 0.319 e. The number of ether oxygens (including phenoxy) is 2. The minimum atomic E-state index is -0.783. The monoisotopic (exact) mass is 385 g/mol. The van der Waals surface area contributed by atoms with Crippen LogP contribution < -0.4 is 4.74 Å². The molecule has 1 aromatic carbocycles. The zero-order chi connectivity index (χ0) is 19.0. The SMILES string of the molecule is CCOC(=O)[C@@H]1C(=O)N2CCc3sccc3[C@@H]2C[C@H]1c1ccc(OC)cc1. The number of nitrogens with zero attached hydrogens (tertiary/aromatic N) is 1. The standard InChI is InChI=1S/C21H23NO4S/c1-3-26-21(24)19-16(13-4-6-14(25-2)7-5-13)12-17-15-9-11-27-18(15)8-10-22(17)20(19)23/h4-7,9,11,16-17,19H,3,8,10,12H2,1-2H3/t16-,17-,19-/m0/s1. The molecule has 5 nitrogen and oxygen atoms in total. The number of thiophene rings is 1. The van der Waals surface area contributed by atoms with Crippen molar-refractivity contribution in [2.75, 3.05) is 20.3 Å². The van der Waals surface area contributed by atoms with Gasteiger partial charge in [0.1, 0.15) is 11.7 Å². The van der Waals surface area contributed by atoms with Crippen LogP contribution in [-0.4, -0.2) is 37.0 Å². The lowest BCUT2D eigenvalue weighted by molar-refractivity contribution is -0.161. The molecule has 4 rings (SSSR count). The van der Waals surface area contributed by atoms with E-state index >= 15 is 0 Å². The van der Waals surface area contributed by atoms with Gasteiger partial charge in [-0.25, -0.2) is 0 Å². The van der Waals surface area contributed by atoms with E-state index in [-0.39, 0.29) is 24.5 Å². The Bertz CT molecular complexity index is 844. The fourth-order valence-electron chi connectivity index (χ4n) is 4.32. The molecule has 2 aromatic rings. The van der Waals surface area contributed by atoms with Gasteiger partial charge in [0.25, 0.3) is 0 Å². The lowest BCUT2D eigenvalue weighted by Gasteiger charge is -2.45. The molecule has 1 fully saturated rings. The molecule has 3 heterocycles. The predicted molar refractivity (Wildman–Crippen MR) is 103 cm³/mol. The number of benzene rings is 1. The number of carbonyl (C=O) groups excluding carboxylic acids is 2. The van der Waals surface area contributed by atoms with Gasteiger partial charge >= 0.3 is 5.97 Å². The summed E-state index contributed by atoms with van der Waals surface area (Å²) in [6.07, 6.45) is 1.59. The van der Waals surface area contributed by atoms with Crippen molar-refractivity contribution in [3.63, 3.8) is 0 Å². The molecule has 0 N–H and O–H groups in total. The average Bonchev–Trinajstić information content (AvgIpc) is 3.17. The summed E-state index contributed by atoms with van der Waals surface area (Å²) < 4.78 is 10.5. The molecule has 1 saturated heterocycles. The van der Waals surface area contributed by atoms with Crippen molar-refractivity contribution in [3.05, 3.63) is 51.7 Å². The number of fused-ring (bicyclic) bond motifs is 3. The van der Waals surface area contributed by atoms with Crippen LogP contribution in [0.3, 0.4) is 0 Å². The highest BCUT2D eigenvalue weighted by Crippen LogP contribution is 2.47. The minimum Gasteiger partial charge on any atom is -0.497 e. The largest absolute Gasteiger partial charge is 0.497 e. The van der Waals surface area contributed by atoms with Gasteiger partial charge in [-0.15, -0.1) is 11.3 Å². The van der Waals surface area contributed by atoms with Crippen LogP contribution in [0.5, 0.6) is 5.75 Å². The number of methoxy groups -OCH3 is 1. The summed E-state index contributed by atoms with van der Waals surface area (Å²) in [4.78, 5) is 29.3. The van der Waals surface area contributed by atoms with E-state index in [0.29, 0.717) is 6.54 Å². The number of esters is 1. The summed E-state index contributed by atoms with van der Waals surface area (Å²) in [5.41, 5.74) is 2.21. The Balaban J connectivity index is 1.73. The normalized spacial score (nSPS) is 24.1. The van der Waals surface area contributed by atoms with E-state index in [2.05, 4.69) is 11.4 Å². The van der Waals surface area contributed by atoms with Gasteiger partial charge in [0.2, 0.25) is 5.91 Å². The molecular weight excluding hydrogens is 362 g/mol. The predicted octanol–water partition coefficient (Wildman–Crippen LogP) is 3.55. The zero-order valence-corrected chi connectivity index (χ0v) is 16.3. The molecule has 142 valence electrons. The summed E-state index contributed by atoms with van der Waals surface area (Å²) in [7, 11) is 1.62. The van der Waals surface area contributed by atoms with Gasteiger partial charge in [-0.1, -0.05) is 12.1 Å². The summed E-state index contributed by atoms with van der Waals surface area (Å²) >= 11 is 1.75. The fourth-order valence-corrected chi connectivity index (χ4v) is 5.25. The fraction of sp³-hybridized carbons (Fsp3) is 0.429. The number of amides is 1. The van der Waals surface area contributed by atoms with Crippen LogP contribution in [0.25, 0.3) is 0 Å². The van der Waals surface area contributed by atoms with Crippen LogP contribution in [0.15, 0.2) is 35.7 Å². The molecule has 3 atom stereocenters. The molecule has 0 radical (unpaired) electrons. The van der Waals surface area contributed by atoms with Crippen LogP contribution in [0.2, 0.25) is 0 Å². The Labute approximate surface area is 162 Å². The Morgan fingerprint density at radius 3 is 2.74 bits per heavy atom. The first-order valence-corrected chi connectivity index (χ1v) is 10.2. The maximum absolute atomic E-state index is 13.3.